The molecule has 2 N–H and O–H groups in total. The van der Waals surface area contributed by atoms with Crippen molar-refractivity contribution in [3.63, 3.8) is 0 Å². The smallest absolute Gasteiger partial charge is 0.225 e. The largest absolute Gasteiger partial charge is 0.368 e. The third kappa shape index (κ3) is 5.42. The van der Waals surface area contributed by atoms with Crippen LogP contribution in [0.2, 0.25) is 0 Å². The van der Waals surface area contributed by atoms with Gasteiger partial charge in [0.25, 0.3) is 0 Å². The van der Waals surface area contributed by atoms with E-state index in [9.17, 15) is 9.59 Å². The number of hydrogen-bond acceptors (Lipinski definition) is 4. The zero-order valence-electron chi connectivity index (χ0n) is 15.0. The molecule has 25 heavy (non-hydrogen) atoms. The molecule has 2 rings (SSSR count). The second-order valence-corrected chi connectivity index (χ2v) is 6.78. The Kier molecular flexibility index (Phi) is 6.75. The first-order valence-corrected chi connectivity index (χ1v) is 9.06. The molecule has 1 heterocycles. The van der Waals surface area contributed by atoms with Gasteiger partial charge in [-0.3, -0.25) is 9.59 Å². The molecular formula is C18H26N4O2S. The predicted molar refractivity (Wildman–Crippen MR) is 105 cm³/mol. The van der Waals surface area contributed by atoms with E-state index in [1.165, 1.54) is 0 Å². The fourth-order valence-electron chi connectivity index (χ4n) is 2.68. The van der Waals surface area contributed by atoms with Crippen LogP contribution < -0.4 is 15.5 Å². The highest BCUT2D eigenvalue weighted by Crippen LogP contribution is 2.20. The molecule has 0 aliphatic carbocycles. The van der Waals surface area contributed by atoms with Crippen LogP contribution in [0.25, 0.3) is 0 Å². The van der Waals surface area contributed by atoms with Crippen LogP contribution in [0.5, 0.6) is 0 Å². The zero-order chi connectivity index (χ0) is 18.4. The standard InChI is InChI=1S/C18H26N4O2S/c1-4-16(23)20-18(25)19-14-5-7-15(8-6-14)21-9-11-22(12-10-21)17(24)13(2)3/h5-8,13H,4,9-12H2,1-3H3,(H2,19,20,23,25). The summed E-state index contributed by atoms with van der Waals surface area (Å²) < 4.78 is 0. The Hall–Kier alpha value is -2.15. The van der Waals surface area contributed by atoms with Gasteiger partial charge in [-0.05, 0) is 36.5 Å². The highest BCUT2D eigenvalue weighted by molar-refractivity contribution is 7.80. The van der Waals surface area contributed by atoms with Gasteiger partial charge in [-0.25, -0.2) is 0 Å². The summed E-state index contributed by atoms with van der Waals surface area (Å²) in [5.41, 5.74) is 1.95. The minimum atomic E-state index is -0.108. The molecule has 0 saturated carbocycles. The monoisotopic (exact) mass is 362 g/mol. The van der Waals surface area contributed by atoms with Crippen molar-refractivity contribution in [2.45, 2.75) is 27.2 Å². The minimum absolute atomic E-state index is 0.0499. The lowest BCUT2D eigenvalue weighted by Crippen LogP contribution is -2.49. The first kappa shape index (κ1) is 19.2. The van der Waals surface area contributed by atoms with Crippen molar-refractivity contribution in [2.24, 2.45) is 5.92 Å². The molecule has 1 aromatic rings. The van der Waals surface area contributed by atoms with E-state index in [1.807, 2.05) is 43.0 Å². The van der Waals surface area contributed by atoms with Gasteiger partial charge in [-0.2, -0.15) is 0 Å². The molecule has 1 aliphatic heterocycles. The molecular weight excluding hydrogens is 336 g/mol. The van der Waals surface area contributed by atoms with Gasteiger partial charge in [0.15, 0.2) is 5.11 Å². The number of carbonyl (C=O) groups is 2. The van der Waals surface area contributed by atoms with E-state index in [1.54, 1.807) is 6.92 Å². The van der Waals surface area contributed by atoms with Crippen LogP contribution in [0, 0.1) is 5.92 Å². The Balaban J connectivity index is 1.87. The molecule has 136 valence electrons. The molecule has 1 saturated heterocycles. The van der Waals surface area contributed by atoms with Gasteiger partial charge in [-0.1, -0.05) is 20.8 Å². The first-order chi connectivity index (χ1) is 11.9. The van der Waals surface area contributed by atoms with E-state index in [-0.39, 0.29) is 17.7 Å². The number of nitrogens with zero attached hydrogens (tertiary/aromatic N) is 2. The minimum Gasteiger partial charge on any atom is -0.368 e. The molecule has 1 fully saturated rings. The van der Waals surface area contributed by atoms with Crippen molar-refractivity contribution in [1.29, 1.82) is 0 Å². The van der Waals surface area contributed by atoms with Crippen molar-refractivity contribution >= 4 is 40.5 Å². The second kappa shape index (κ2) is 8.80. The van der Waals surface area contributed by atoms with Crippen LogP contribution >= 0.6 is 12.2 Å². The van der Waals surface area contributed by atoms with Crippen LogP contribution in [0.15, 0.2) is 24.3 Å². The highest BCUT2D eigenvalue weighted by atomic mass is 32.1. The molecule has 2 amide bonds. The summed E-state index contributed by atoms with van der Waals surface area (Å²) >= 11 is 5.10. The number of carbonyl (C=O) groups excluding carboxylic acids is 2. The topological polar surface area (TPSA) is 64.7 Å². The quantitative estimate of drug-likeness (QED) is 0.804. The van der Waals surface area contributed by atoms with Crippen molar-refractivity contribution in [3.05, 3.63) is 24.3 Å². The number of amides is 2. The Bertz CT molecular complexity index is 622. The van der Waals surface area contributed by atoms with E-state index in [0.717, 1.165) is 37.6 Å². The summed E-state index contributed by atoms with van der Waals surface area (Å²) in [5, 5.41) is 5.92. The normalized spacial score (nSPS) is 14.4. The van der Waals surface area contributed by atoms with E-state index < -0.39 is 0 Å². The fraction of sp³-hybridized carbons (Fsp3) is 0.500. The summed E-state index contributed by atoms with van der Waals surface area (Å²) in [5.74, 6) is 0.165. The van der Waals surface area contributed by atoms with Crippen molar-refractivity contribution in [1.82, 2.24) is 10.2 Å². The van der Waals surface area contributed by atoms with Crippen molar-refractivity contribution in [2.75, 3.05) is 36.4 Å². The third-order valence-electron chi connectivity index (χ3n) is 4.15. The molecule has 0 atom stereocenters. The summed E-state index contributed by atoms with van der Waals surface area (Å²) in [4.78, 5) is 27.6. The van der Waals surface area contributed by atoms with E-state index in [2.05, 4.69) is 15.5 Å². The zero-order valence-corrected chi connectivity index (χ0v) is 15.9. The van der Waals surface area contributed by atoms with Crippen LogP contribution in [0.3, 0.4) is 0 Å². The number of anilines is 2. The van der Waals surface area contributed by atoms with E-state index >= 15 is 0 Å². The molecule has 1 aromatic carbocycles. The van der Waals surface area contributed by atoms with E-state index in [0.29, 0.717) is 11.5 Å². The number of hydrogen-bond donors (Lipinski definition) is 2. The Labute approximate surface area is 154 Å². The van der Waals surface area contributed by atoms with Crippen LogP contribution in [-0.4, -0.2) is 48.0 Å². The predicted octanol–water partition coefficient (Wildman–Crippen LogP) is 2.21. The summed E-state index contributed by atoms with van der Waals surface area (Å²) in [6, 6.07) is 7.91. The molecule has 0 bridgehead atoms. The average Bonchev–Trinajstić information content (AvgIpc) is 2.61. The average molecular weight is 362 g/mol. The maximum Gasteiger partial charge on any atom is 0.225 e. The lowest BCUT2D eigenvalue weighted by molar-refractivity contribution is -0.134. The molecule has 6 nitrogen and oxygen atoms in total. The van der Waals surface area contributed by atoms with E-state index in [4.69, 9.17) is 12.2 Å². The Morgan fingerprint density at radius 2 is 1.72 bits per heavy atom. The summed E-state index contributed by atoms with van der Waals surface area (Å²) in [6.45, 7) is 8.82. The number of nitrogens with one attached hydrogen (secondary N) is 2. The number of piperazine rings is 1. The van der Waals surface area contributed by atoms with Gasteiger partial charge < -0.3 is 20.4 Å². The summed E-state index contributed by atoms with van der Waals surface area (Å²) in [7, 11) is 0. The van der Waals surface area contributed by atoms with Crippen LogP contribution in [-0.2, 0) is 9.59 Å². The maximum absolute atomic E-state index is 12.0. The first-order valence-electron chi connectivity index (χ1n) is 8.65. The van der Waals surface area contributed by atoms with Crippen LogP contribution in [0.1, 0.15) is 27.2 Å². The van der Waals surface area contributed by atoms with Crippen molar-refractivity contribution < 1.29 is 9.59 Å². The molecule has 0 spiro atoms. The van der Waals surface area contributed by atoms with Gasteiger partial charge in [0.2, 0.25) is 11.8 Å². The number of thiocarbonyl (C=S) groups is 1. The Morgan fingerprint density at radius 3 is 2.24 bits per heavy atom. The molecule has 1 aliphatic rings. The number of benzene rings is 1. The van der Waals surface area contributed by atoms with Gasteiger partial charge >= 0.3 is 0 Å². The molecule has 0 radical (unpaired) electrons. The van der Waals surface area contributed by atoms with Gasteiger partial charge in [-0.15, -0.1) is 0 Å². The second-order valence-electron chi connectivity index (χ2n) is 6.37. The van der Waals surface area contributed by atoms with Crippen molar-refractivity contribution in [3.8, 4) is 0 Å². The Morgan fingerprint density at radius 1 is 1.12 bits per heavy atom. The van der Waals surface area contributed by atoms with Gasteiger partial charge in [0, 0.05) is 49.9 Å². The third-order valence-corrected chi connectivity index (χ3v) is 4.35. The lowest BCUT2D eigenvalue weighted by Gasteiger charge is -2.37. The molecule has 0 unspecified atom stereocenters. The maximum atomic E-state index is 12.0. The van der Waals surface area contributed by atoms with Crippen LogP contribution in [0.4, 0.5) is 11.4 Å². The molecule has 7 heteroatoms. The summed E-state index contributed by atoms with van der Waals surface area (Å²) in [6.07, 6.45) is 0.395. The lowest BCUT2D eigenvalue weighted by atomic mass is 10.1. The van der Waals surface area contributed by atoms with Gasteiger partial charge in [0.1, 0.15) is 0 Å². The fourth-order valence-corrected chi connectivity index (χ4v) is 2.91. The molecule has 0 aromatic heterocycles. The highest BCUT2D eigenvalue weighted by Gasteiger charge is 2.22. The SMILES string of the molecule is CCC(=O)NC(=S)Nc1ccc(N2CCN(C(=O)C(C)C)CC2)cc1. The van der Waals surface area contributed by atoms with Gasteiger partial charge in [0.05, 0.1) is 0 Å². The number of rotatable bonds is 4.